The first-order valence-corrected chi connectivity index (χ1v) is 7.35. The predicted molar refractivity (Wildman–Crippen MR) is 72.4 cm³/mol. The van der Waals surface area contributed by atoms with Crippen molar-refractivity contribution in [1.82, 2.24) is 9.44 Å². The van der Waals surface area contributed by atoms with E-state index in [2.05, 4.69) is 4.74 Å². The minimum atomic E-state index is -4.12. The molecule has 1 aromatic carbocycles. The van der Waals surface area contributed by atoms with E-state index in [0.717, 1.165) is 0 Å². The maximum absolute atomic E-state index is 11.7. The van der Waals surface area contributed by atoms with Gasteiger partial charge in [-0.3, -0.25) is 4.79 Å². The van der Waals surface area contributed by atoms with E-state index in [1.165, 1.54) is 0 Å². The summed E-state index contributed by atoms with van der Waals surface area (Å²) in [7, 11) is -4.12. The van der Waals surface area contributed by atoms with Gasteiger partial charge < -0.3 is 4.74 Å². The summed E-state index contributed by atoms with van der Waals surface area (Å²) in [5, 5.41) is 0. The van der Waals surface area contributed by atoms with Crippen LogP contribution in [-0.2, 0) is 14.9 Å². The van der Waals surface area contributed by atoms with Gasteiger partial charge in [0.25, 0.3) is 0 Å². The Bertz CT molecular complexity index is 569. The molecule has 110 valence electrons. The van der Waals surface area contributed by atoms with Gasteiger partial charge in [0.15, 0.2) is 5.78 Å². The zero-order chi connectivity index (χ0) is 15.2. The van der Waals surface area contributed by atoms with Crippen LogP contribution in [0.25, 0.3) is 0 Å². The number of amides is 1. The first kappa shape index (κ1) is 16.1. The second-order valence-corrected chi connectivity index (χ2v) is 5.67. The highest BCUT2D eigenvalue weighted by molar-refractivity contribution is 7.88. The number of nitrogens with one attached hydrogen (secondary N) is 2. The normalized spacial score (nSPS) is 11.2. The Morgan fingerprint density at radius 1 is 1.20 bits per heavy atom. The molecule has 0 aliphatic rings. The third-order valence-electron chi connectivity index (χ3n) is 2.08. The summed E-state index contributed by atoms with van der Waals surface area (Å²) in [6.45, 7) is 2.71. The standard InChI is InChI=1S/C12H16N2O5S/c1-9(2)19-12(16)14-20(17,18)13-8-11(15)10-6-4-3-5-7-10/h3-7,9,13H,8H2,1-2H3,(H,14,16). The summed E-state index contributed by atoms with van der Waals surface area (Å²) < 4.78 is 31.2. The molecule has 0 saturated heterocycles. The maximum Gasteiger partial charge on any atom is 0.422 e. The average Bonchev–Trinajstić information content (AvgIpc) is 2.35. The van der Waals surface area contributed by atoms with Gasteiger partial charge in [-0.2, -0.15) is 13.1 Å². The van der Waals surface area contributed by atoms with Crippen molar-refractivity contribution in [3.05, 3.63) is 35.9 Å². The van der Waals surface area contributed by atoms with E-state index in [9.17, 15) is 18.0 Å². The molecule has 8 heteroatoms. The quantitative estimate of drug-likeness (QED) is 0.758. The fourth-order valence-electron chi connectivity index (χ4n) is 1.27. The molecule has 0 heterocycles. The molecule has 0 radical (unpaired) electrons. The Morgan fingerprint density at radius 3 is 2.35 bits per heavy atom. The number of rotatable bonds is 6. The Balaban J connectivity index is 2.52. The maximum atomic E-state index is 11.7. The van der Waals surface area contributed by atoms with Crippen molar-refractivity contribution >= 4 is 22.1 Å². The van der Waals surface area contributed by atoms with E-state index < -0.39 is 34.7 Å². The van der Waals surface area contributed by atoms with Crippen LogP contribution in [0.2, 0.25) is 0 Å². The number of hydrogen-bond donors (Lipinski definition) is 2. The van der Waals surface area contributed by atoms with Crippen molar-refractivity contribution in [2.24, 2.45) is 0 Å². The number of ketones is 1. The van der Waals surface area contributed by atoms with E-state index in [4.69, 9.17) is 0 Å². The molecule has 0 atom stereocenters. The molecule has 20 heavy (non-hydrogen) atoms. The van der Waals surface area contributed by atoms with Crippen LogP contribution >= 0.6 is 0 Å². The highest BCUT2D eigenvalue weighted by Gasteiger charge is 2.17. The largest absolute Gasteiger partial charge is 0.446 e. The fraction of sp³-hybridized carbons (Fsp3) is 0.333. The van der Waals surface area contributed by atoms with Gasteiger partial charge in [-0.1, -0.05) is 30.3 Å². The van der Waals surface area contributed by atoms with E-state index in [-0.39, 0.29) is 0 Å². The van der Waals surface area contributed by atoms with E-state index in [1.54, 1.807) is 48.9 Å². The molecule has 0 bridgehead atoms. The highest BCUT2D eigenvalue weighted by Crippen LogP contribution is 1.99. The molecule has 0 aliphatic carbocycles. The van der Waals surface area contributed by atoms with Gasteiger partial charge in [0, 0.05) is 5.56 Å². The summed E-state index contributed by atoms with van der Waals surface area (Å²) in [5.41, 5.74) is 0.375. The lowest BCUT2D eigenvalue weighted by Gasteiger charge is -2.10. The van der Waals surface area contributed by atoms with Crippen molar-refractivity contribution in [2.45, 2.75) is 20.0 Å². The van der Waals surface area contributed by atoms with Crippen molar-refractivity contribution in [2.75, 3.05) is 6.54 Å². The van der Waals surface area contributed by atoms with Gasteiger partial charge in [-0.15, -0.1) is 0 Å². The number of benzene rings is 1. The average molecular weight is 300 g/mol. The van der Waals surface area contributed by atoms with Gasteiger partial charge in [0.05, 0.1) is 12.6 Å². The predicted octanol–water partition coefficient (Wildman–Crippen LogP) is 0.838. The highest BCUT2D eigenvalue weighted by atomic mass is 32.2. The van der Waals surface area contributed by atoms with Gasteiger partial charge >= 0.3 is 16.3 Å². The molecule has 7 nitrogen and oxygen atoms in total. The number of carbonyl (C=O) groups excluding carboxylic acids is 2. The first-order valence-electron chi connectivity index (χ1n) is 5.86. The van der Waals surface area contributed by atoms with Crippen LogP contribution < -0.4 is 9.44 Å². The molecule has 0 saturated carbocycles. The van der Waals surface area contributed by atoms with Crippen molar-refractivity contribution in [3.63, 3.8) is 0 Å². The van der Waals surface area contributed by atoms with Gasteiger partial charge in [-0.05, 0) is 13.8 Å². The molecular weight excluding hydrogens is 284 g/mol. The zero-order valence-electron chi connectivity index (χ0n) is 11.1. The monoisotopic (exact) mass is 300 g/mol. The number of carbonyl (C=O) groups is 2. The minimum Gasteiger partial charge on any atom is -0.446 e. The van der Waals surface area contributed by atoms with Crippen LogP contribution in [0.15, 0.2) is 30.3 Å². The number of Topliss-reactive ketones (excluding diaryl/α,β-unsaturated/α-hetero) is 1. The molecule has 0 aliphatic heterocycles. The summed E-state index contributed by atoms with van der Waals surface area (Å²) >= 11 is 0. The van der Waals surface area contributed by atoms with Crippen molar-refractivity contribution < 1.29 is 22.7 Å². The van der Waals surface area contributed by atoms with E-state index in [1.807, 2.05) is 4.72 Å². The lowest BCUT2D eigenvalue weighted by atomic mass is 10.1. The van der Waals surface area contributed by atoms with Crippen LogP contribution in [0.1, 0.15) is 24.2 Å². The molecule has 1 rings (SSSR count). The van der Waals surface area contributed by atoms with E-state index >= 15 is 0 Å². The topological polar surface area (TPSA) is 102 Å². The van der Waals surface area contributed by atoms with E-state index in [0.29, 0.717) is 5.56 Å². The second-order valence-electron chi connectivity index (χ2n) is 4.17. The Hall–Kier alpha value is -1.93. The van der Waals surface area contributed by atoms with Crippen LogP contribution in [0.3, 0.4) is 0 Å². The summed E-state index contributed by atoms with van der Waals surface area (Å²) in [6, 6.07) is 8.21. The Labute approximate surface area is 117 Å². The number of hydrogen-bond acceptors (Lipinski definition) is 5. The molecule has 1 amide bonds. The number of ether oxygens (including phenoxy) is 1. The van der Waals surface area contributed by atoms with Crippen LogP contribution in [0.4, 0.5) is 4.79 Å². The van der Waals surface area contributed by atoms with Crippen molar-refractivity contribution in [1.29, 1.82) is 0 Å². The first-order chi connectivity index (χ1) is 9.30. The molecule has 0 fully saturated rings. The minimum absolute atomic E-state index is 0.375. The van der Waals surface area contributed by atoms with Gasteiger partial charge in [-0.25, -0.2) is 9.52 Å². The molecule has 0 spiro atoms. The SMILES string of the molecule is CC(C)OC(=O)NS(=O)(=O)NCC(=O)c1ccccc1. The third kappa shape index (κ3) is 5.81. The molecule has 0 unspecified atom stereocenters. The summed E-state index contributed by atoms with van der Waals surface area (Å²) in [5.74, 6) is -0.409. The third-order valence-corrected chi connectivity index (χ3v) is 3.04. The summed E-state index contributed by atoms with van der Waals surface area (Å²) in [6.07, 6.45) is -1.55. The summed E-state index contributed by atoms with van der Waals surface area (Å²) in [4.78, 5) is 22.8. The van der Waals surface area contributed by atoms with Gasteiger partial charge in [0.1, 0.15) is 0 Å². The second kappa shape index (κ2) is 7.01. The molecule has 1 aromatic rings. The van der Waals surface area contributed by atoms with Crippen LogP contribution in [0, 0.1) is 0 Å². The Kier molecular flexibility index (Phi) is 5.66. The lowest BCUT2D eigenvalue weighted by Crippen LogP contribution is -2.43. The molecule has 0 aromatic heterocycles. The molecule has 2 N–H and O–H groups in total. The van der Waals surface area contributed by atoms with Crippen molar-refractivity contribution in [3.8, 4) is 0 Å². The smallest absolute Gasteiger partial charge is 0.422 e. The fourth-order valence-corrected chi connectivity index (χ4v) is 1.93. The van der Waals surface area contributed by atoms with Gasteiger partial charge in [0.2, 0.25) is 0 Å². The molecular formula is C12H16N2O5S. The zero-order valence-corrected chi connectivity index (χ0v) is 11.9. The van der Waals surface area contributed by atoms with Crippen LogP contribution in [-0.4, -0.2) is 32.9 Å². The Morgan fingerprint density at radius 2 is 1.80 bits per heavy atom. The van der Waals surface area contributed by atoms with Crippen LogP contribution in [0.5, 0.6) is 0 Å². The lowest BCUT2D eigenvalue weighted by molar-refractivity contribution is 0.0995.